The molecule has 68 valence electrons. The lowest BCUT2D eigenvalue weighted by atomic mass is 10.2. The molecule has 0 aromatic carbocycles. The lowest BCUT2D eigenvalue weighted by Crippen LogP contribution is -2.33. The number of hydrogen-bond acceptors (Lipinski definition) is 4. The van der Waals surface area contributed by atoms with Crippen LogP contribution >= 0.6 is 0 Å². The highest BCUT2D eigenvalue weighted by atomic mass is 17.2. The molecule has 0 aliphatic heterocycles. The zero-order valence-electron chi connectivity index (χ0n) is 7.08. The van der Waals surface area contributed by atoms with Gasteiger partial charge in [-0.2, -0.15) is 0 Å². The maximum absolute atomic E-state index is 5.06. The first-order valence-electron chi connectivity index (χ1n) is 4.06. The van der Waals surface area contributed by atoms with E-state index in [0.29, 0.717) is 6.61 Å². The minimum atomic E-state index is -0.818. The van der Waals surface area contributed by atoms with Crippen LogP contribution in [0.2, 0.25) is 0 Å². The molecular weight excluding hydrogens is 144 g/mol. The van der Waals surface area contributed by atoms with Crippen molar-refractivity contribution in [3.63, 3.8) is 0 Å². The minimum absolute atomic E-state index is 0.574. The van der Waals surface area contributed by atoms with Crippen LogP contribution in [-0.4, -0.2) is 13.0 Å². The van der Waals surface area contributed by atoms with Gasteiger partial charge in [0, 0.05) is 0 Å². The maximum atomic E-state index is 5.06. The van der Waals surface area contributed by atoms with Gasteiger partial charge in [-0.1, -0.05) is 26.2 Å². The molecule has 11 heavy (non-hydrogen) atoms. The molecule has 0 heterocycles. The SMILES string of the molecule is CCCCCCOOC(N)N. The Balaban J connectivity index is 2.80. The summed E-state index contributed by atoms with van der Waals surface area (Å²) in [5, 5.41) is 0. The van der Waals surface area contributed by atoms with Crippen LogP contribution in [0.25, 0.3) is 0 Å². The summed E-state index contributed by atoms with van der Waals surface area (Å²) in [4.78, 5) is 9.17. The van der Waals surface area contributed by atoms with E-state index in [1.54, 1.807) is 0 Å². The largest absolute Gasteiger partial charge is 0.291 e. The molecule has 4 nitrogen and oxygen atoms in total. The van der Waals surface area contributed by atoms with Crippen LogP contribution in [-0.2, 0) is 9.78 Å². The molecule has 0 rings (SSSR count). The van der Waals surface area contributed by atoms with Gasteiger partial charge in [0.25, 0.3) is 0 Å². The average Bonchev–Trinajstić information content (AvgIpc) is 1.96. The van der Waals surface area contributed by atoms with Gasteiger partial charge >= 0.3 is 0 Å². The summed E-state index contributed by atoms with van der Waals surface area (Å²) in [6, 6.07) is 0. The summed E-state index contributed by atoms with van der Waals surface area (Å²) < 4.78 is 0. The monoisotopic (exact) mass is 162 g/mol. The summed E-state index contributed by atoms with van der Waals surface area (Å²) >= 11 is 0. The van der Waals surface area contributed by atoms with Crippen molar-refractivity contribution in [3.05, 3.63) is 0 Å². The number of nitrogens with two attached hydrogens (primary N) is 2. The Morgan fingerprint density at radius 1 is 1.18 bits per heavy atom. The first-order chi connectivity index (χ1) is 5.27. The van der Waals surface area contributed by atoms with Gasteiger partial charge in [-0.3, -0.25) is 11.5 Å². The molecule has 0 bridgehead atoms. The minimum Gasteiger partial charge on any atom is -0.291 e. The van der Waals surface area contributed by atoms with Crippen molar-refractivity contribution >= 4 is 0 Å². The van der Waals surface area contributed by atoms with E-state index in [-0.39, 0.29) is 0 Å². The van der Waals surface area contributed by atoms with Crippen LogP contribution in [0.3, 0.4) is 0 Å². The molecule has 0 radical (unpaired) electrons. The normalized spacial score (nSPS) is 10.9. The van der Waals surface area contributed by atoms with Gasteiger partial charge < -0.3 is 0 Å². The van der Waals surface area contributed by atoms with E-state index in [4.69, 9.17) is 16.4 Å². The van der Waals surface area contributed by atoms with Gasteiger partial charge in [-0.25, -0.2) is 9.78 Å². The predicted molar refractivity (Wildman–Crippen MR) is 43.3 cm³/mol. The van der Waals surface area contributed by atoms with Gasteiger partial charge in [0.1, 0.15) is 0 Å². The Labute approximate surface area is 67.8 Å². The Hall–Kier alpha value is -0.160. The Kier molecular flexibility index (Phi) is 7.83. The van der Waals surface area contributed by atoms with Gasteiger partial charge in [0.05, 0.1) is 6.61 Å². The fourth-order valence-electron chi connectivity index (χ4n) is 0.714. The van der Waals surface area contributed by atoms with Crippen molar-refractivity contribution in [2.75, 3.05) is 6.61 Å². The van der Waals surface area contributed by atoms with Crippen molar-refractivity contribution < 1.29 is 9.78 Å². The third-order valence-corrected chi connectivity index (χ3v) is 1.26. The topological polar surface area (TPSA) is 70.5 Å². The lowest BCUT2D eigenvalue weighted by Gasteiger charge is -2.05. The van der Waals surface area contributed by atoms with Crippen molar-refractivity contribution in [1.82, 2.24) is 0 Å². The quantitative estimate of drug-likeness (QED) is 0.250. The predicted octanol–water partition coefficient (Wildman–Crippen LogP) is 0.716. The molecule has 0 spiro atoms. The summed E-state index contributed by atoms with van der Waals surface area (Å²) in [7, 11) is 0. The molecule has 0 amide bonds. The number of unbranched alkanes of at least 4 members (excludes halogenated alkanes) is 3. The van der Waals surface area contributed by atoms with E-state index < -0.39 is 6.35 Å². The molecule has 4 N–H and O–H groups in total. The smallest absolute Gasteiger partial charge is 0.192 e. The first kappa shape index (κ1) is 10.8. The number of hydrogen-bond donors (Lipinski definition) is 2. The van der Waals surface area contributed by atoms with Gasteiger partial charge in [-0.15, -0.1) is 0 Å². The molecule has 0 saturated heterocycles. The van der Waals surface area contributed by atoms with Crippen molar-refractivity contribution in [3.8, 4) is 0 Å². The molecule has 0 aliphatic carbocycles. The summed E-state index contributed by atoms with van der Waals surface area (Å²) in [5.41, 5.74) is 10.1. The van der Waals surface area contributed by atoms with Crippen LogP contribution < -0.4 is 11.5 Å². The van der Waals surface area contributed by atoms with E-state index in [1.165, 1.54) is 19.3 Å². The highest BCUT2D eigenvalue weighted by Gasteiger charge is 1.93. The molecule has 0 saturated carbocycles. The second-order valence-electron chi connectivity index (χ2n) is 2.44. The summed E-state index contributed by atoms with van der Waals surface area (Å²) in [6.45, 7) is 2.73. The molecular formula is C7H18N2O2. The fourth-order valence-corrected chi connectivity index (χ4v) is 0.714. The van der Waals surface area contributed by atoms with Crippen LogP contribution in [0.4, 0.5) is 0 Å². The van der Waals surface area contributed by atoms with E-state index in [9.17, 15) is 0 Å². The Bertz CT molecular complexity index is 78.8. The molecule has 0 aromatic rings. The maximum Gasteiger partial charge on any atom is 0.192 e. The average molecular weight is 162 g/mol. The third-order valence-electron chi connectivity index (χ3n) is 1.26. The Morgan fingerprint density at radius 3 is 2.45 bits per heavy atom. The van der Waals surface area contributed by atoms with Crippen LogP contribution in [0.15, 0.2) is 0 Å². The van der Waals surface area contributed by atoms with Crippen LogP contribution in [0, 0.1) is 0 Å². The molecule has 0 fully saturated rings. The lowest BCUT2D eigenvalue weighted by molar-refractivity contribution is -0.322. The highest BCUT2D eigenvalue weighted by Crippen LogP contribution is 1.98. The van der Waals surface area contributed by atoms with Gasteiger partial charge in [0.15, 0.2) is 6.35 Å². The zero-order valence-corrected chi connectivity index (χ0v) is 7.08. The summed E-state index contributed by atoms with van der Waals surface area (Å²) in [6.07, 6.45) is 3.80. The fraction of sp³-hybridized carbons (Fsp3) is 1.00. The molecule has 0 atom stereocenters. The van der Waals surface area contributed by atoms with Gasteiger partial charge in [0.2, 0.25) is 0 Å². The van der Waals surface area contributed by atoms with E-state index in [1.807, 2.05) is 0 Å². The van der Waals surface area contributed by atoms with Crippen molar-refractivity contribution in [2.24, 2.45) is 11.5 Å². The molecule has 0 aromatic heterocycles. The van der Waals surface area contributed by atoms with Crippen molar-refractivity contribution in [1.29, 1.82) is 0 Å². The van der Waals surface area contributed by atoms with E-state index in [2.05, 4.69) is 11.8 Å². The second-order valence-corrected chi connectivity index (χ2v) is 2.44. The standard InChI is InChI=1S/C7H18N2O2/c1-2-3-4-5-6-10-11-7(8)9/h7H,2-6,8-9H2,1H3. The molecule has 0 unspecified atom stereocenters. The van der Waals surface area contributed by atoms with Crippen LogP contribution in [0.1, 0.15) is 32.6 Å². The molecule has 4 heteroatoms. The first-order valence-corrected chi connectivity index (χ1v) is 4.06. The Morgan fingerprint density at radius 2 is 1.91 bits per heavy atom. The van der Waals surface area contributed by atoms with E-state index >= 15 is 0 Å². The van der Waals surface area contributed by atoms with Crippen molar-refractivity contribution in [2.45, 2.75) is 39.0 Å². The zero-order chi connectivity index (χ0) is 8.53. The third kappa shape index (κ3) is 9.84. The van der Waals surface area contributed by atoms with Crippen LogP contribution in [0.5, 0.6) is 0 Å². The van der Waals surface area contributed by atoms with E-state index in [0.717, 1.165) is 6.42 Å². The second kappa shape index (κ2) is 7.94. The molecule has 0 aliphatic rings. The highest BCUT2D eigenvalue weighted by molar-refractivity contribution is 4.37. The number of rotatable bonds is 7. The summed E-state index contributed by atoms with van der Waals surface area (Å²) in [5.74, 6) is 0. The van der Waals surface area contributed by atoms with Gasteiger partial charge in [-0.05, 0) is 6.42 Å².